The number of rotatable bonds is 4. The summed E-state index contributed by atoms with van der Waals surface area (Å²) in [5.74, 6) is 1.12. The van der Waals surface area contributed by atoms with Crippen molar-refractivity contribution in [1.29, 1.82) is 0 Å². The molecular formula is C12H22N4. The minimum Gasteiger partial charge on any atom is -0.328 e. The van der Waals surface area contributed by atoms with Gasteiger partial charge in [-0.3, -0.25) is 0 Å². The molecule has 4 heteroatoms. The lowest BCUT2D eigenvalue weighted by atomic mass is 9.95. The van der Waals surface area contributed by atoms with Crippen LogP contribution in [0.4, 0.5) is 0 Å². The summed E-state index contributed by atoms with van der Waals surface area (Å²) < 4.78 is 2.28. The quantitative estimate of drug-likeness (QED) is 0.848. The van der Waals surface area contributed by atoms with Crippen molar-refractivity contribution in [2.45, 2.75) is 64.0 Å². The van der Waals surface area contributed by atoms with E-state index in [1.54, 1.807) is 0 Å². The Hall–Kier alpha value is -0.900. The molecule has 0 saturated heterocycles. The Balaban J connectivity index is 2.00. The third-order valence-electron chi connectivity index (χ3n) is 3.44. The molecule has 0 amide bonds. The molecule has 1 aliphatic carbocycles. The summed E-state index contributed by atoms with van der Waals surface area (Å²) in [5, 5.41) is 8.27. The maximum absolute atomic E-state index is 5.78. The van der Waals surface area contributed by atoms with E-state index in [1.807, 2.05) is 13.3 Å². The summed E-state index contributed by atoms with van der Waals surface area (Å²) >= 11 is 0. The van der Waals surface area contributed by atoms with Gasteiger partial charge in [0, 0.05) is 18.5 Å². The average Bonchev–Trinajstić information content (AvgIpc) is 2.75. The zero-order valence-electron chi connectivity index (χ0n) is 10.1. The number of nitrogens with zero attached hydrogens (tertiary/aromatic N) is 3. The summed E-state index contributed by atoms with van der Waals surface area (Å²) in [6, 6.07) is 0.878. The molecule has 1 aliphatic rings. The Morgan fingerprint density at radius 1 is 1.44 bits per heavy atom. The van der Waals surface area contributed by atoms with Crippen LogP contribution in [0.1, 0.15) is 57.3 Å². The monoisotopic (exact) mass is 222 g/mol. The molecule has 1 heterocycles. The first-order chi connectivity index (χ1) is 7.77. The van der Waals surface area contributed by atoms with E-state index in [9.17, 15) is 0 Å². The van der Waals surface area contributed by atoms with Gasteiger partial charge in [0.15, 0.2) is 0 Å². The van der Waals surface area contributed by atoms with Gasteiger partial charge >= 0.3 is 0 Å². The van der Waals surface area contributed by atoms with Crippen molar-refractivity contribution in [3.63, 3.8) is 0 Å². The fraction of sp³-hybridized carbons (Fsp3) is 0.833. The third-order valence-corrected chi connectivity index (χ3v) is 3.44. The molecule has 1 aromatic rings. The summed E-state index contributed by atoms with van der Waals surface area (Å²) in [6.07, 6.45) is 10.5. The molecule has 0 bridgehead atoms. The fourth-order valence-corrected chi connectivity index (χ4v) is 2.47. The summed E-state index contributed by atoms with van der Waals surface area (Å²) in [7, 11) is 0. The third kappa shape index (κ3) is 2.82. The van der Waals surface area contributed by atoms with Crippen LogP contribution in [0.3, 0.4) is 0 Å². The number of aryl methyl sites for hydroxylation is 1. The van der Waals surface area contributed by atoms with Gasteiger partial charge in [-0.2, -0.15) is 0 Å². The van der Waals surface area contributed by atoms with Gasteiger partial charge in [0.1, 0.15) is 12.2 Å². The molecule has 1 aromatic heterocycles. The van der Waals surface area contributed by atoms with Gasteiger partial charge in [-0.25, -0.2) is 0 Å². The van der Waals surface area contributed by atoms with E-state index in [0.717, 1.165) is 18.7 Å². The number of aromatic nitrogens is 3. The molecule has 1 saturated carbocycles. The highest BCUT2D eigenvalue weighted by Crippen LogP contribution is 2.28. The lowest BCUT2D eigenvalue weighted by Gasteiger charge is -2.24. The largest absolute Gasteiger partial charge is 0.328 e. The van der Waals surface area contributed by atoms with Gasteiger partial charge in [-0.05, 0) is 26.2 Å². The molecule has 1 atom stereocenters. The standard InChI is InChI=1S/C12H22N4/c1-10(13)7-8-12-15-14-9-16(12)11-5-3-2-4-6-11/h9-11H,2-8,13H2,1H3. The van der Waals surface area contributed by atoms with Gasteiger partial charge in [-0.15, -0.1) is 10.2 Å². The molecule has 0 spiro atoms. The molecule has 16 heavy (non-hydrogen) atoms. The molecule has 0 radical (unpaired) electrons. The Bertz CT molecular complexity index is 313. The highest BCUT2D eigenvalue weighted by Gasteiger charge is 2.18. The first-order valence-corrected chi connectivity index (χ1v) is 6.41. The molecule has 0 aromatic carbocycles. The fourth-order valence-electron chi connectivity index (χ4n) is 2.47. The van der Waals surface area contributed by atoms with Gasteiger partial charge in [0.05, 0.1) is 0 Å². The van der Waals surface area contributed by atoms with Gasteiger partial charge < -0.3 is 10.3 Å². The number of hydrogen-bond acceptors (Lipinski definition) is 3. The predicted molar refractivity (Wildman–Crippen MR) is 64.1 cm³/mol. The van der Waals surface area contributed by atoms with Crippen molar-refractivity contribution in [3.05, 3.63) is 12.2 Å². The highest BCUT2D eigenvalue weighted by atomic mass is 15.3. The smallest absolute Gasteiger partial charge is 0.133 e. The highest BCUT2D eigenvalue weighted by molar-refractivity contribution is 4.91. The van der Waals surface area contributed by atoms with E-state index in [-0.39, 0.29) is 6.04 Å². The molecule has 1 unspecified atom stereocenters. The summed E-state index contributed by atoms with van der Waals surface area (Å²) in [6.45, 7) is 2.04. The van der Waals surface area contributed by atoms with E-state index in [0.29, 0.717) is 6.04 Å². The normalized spacial score (nSPS) is 19.9. The van der Waals surface area contributed by atoms with Crippen LogP contribution in [-0.2, 0) is 6.42 Å². The lowest BCUT2D eigenvalue weighted by Crippen LogP contribution is -2.19. The van der Waals surface area contributed by atoms with Crippen LogP contribution in [0, 0.1) is 0 Å². The van der Waals surface area contributed by atoms with Crippen LogP contribution in [0.5, 0.6) is 0 Å². The van der Waals surface area contributed by atoms with E-state index in [1.165, 1.54) is 32.1 Å². The lowest BCUT2D eigenvalue weighted by molar-refractivity contribution is 0.344. The van der Waals surface area contributed by atoms with Crippen molar-refractivity contribution < 1.29 is 0 Å². The second-order valence-electron chi connectivity index (χ2n) is 4.96. The molecule has 90 valence electrons. The van der Waals surface area contributed by atoms with Crippen molar-refractivity contribution in [2.24, 2.45) is 5.73 Å². The summed E-state index contributed by atoms with van der Waals surface area (Å²) in [4.78, 5) is 0. The Morgan fingerprint density at radius 3 is 2.88 bits per heavy atom. The molecular weight excluding hydrogens is 200 g/mol. The Kier molecular flexibility index (Phi) is 3.93. The van der Waals surface area contributed by atoms with Crippen LogP contribution < -0.4 is 5.73 Å². The van der Waals surface area contributed by atoms with Gasteiger partial charge in [0.2, 0.25) is 0 Å². The van der Waals surface area contributed by atoms with Crippen LogP contribution in [0.25, 0.3) is 0 Å². The minimum atomic E-state index is 0.247. The number of hydrogen-bond donors (Lipinski definition) is 1. The van der Waals surface area contributed by atoms with E-state index in [4.69, 9.17) is 5.73 Å². The van der Waals surface area contributed by atoms with Crippen molar-refractivity contribution >= 4 is 0 Å². The van der Waals surface area contributed by atoms with Crippen molar-refractivity contribution in [3.8, 4) is 0 Å². The maximum Gasteiger partial charge on any atom is 0.133 e. The van der Waals surface area contributed by atoms with Gasteiger partial charge in [0.25, 0.3) is 0 Å². The SMILES string of the molecule is CC(N)CCc1nncn1C1CCCCC1. The van der Waals surface area contributed by atoms with Crippen LogP contribution in [0.2, 0.25) is 0 Å². The maximum atomic E-state index is 5.78. The first kappa shape index (κ1) is 11.6. The molecule has 2 rings (SSSR count). The van der Waals surface area contributed by atoms with E-state index in [2.05, 4.69) is 14.8 Å². The molecule has 0 aliphatic heterocycles. The van der Waals surface area contributed by atoms with Crippen LogP contribution in [0.15, 0.2) is 6.33 Å². The second-order valence-corrected chi connectivity index (χ2v) is 4.96. The van der Waals surface area contributed by atoms with Crippen LogP contribution >= 0.6 is 0 Å². The molecule has 2 N–H and O–H groups in total. The predicted octanol–water partition coefficient (Wildman–Crippen LogP) is 2.06. The van der Waals surface area contributed by atoms with Gasteiger partial charge in [-0.1, -0.05) is 19.3 Å². The topological polar surface area (TPSA) is 56.7 Å². The van der Waals surface area contributed by atoms with Crippen molar-refractivity contribution in [1.82, 2.24) is 14.8 Å². The molecule has 4 nitrogen and oxygen atoms in total. The Labute approximate surface area is 97.2 Å². The first-order valence-electron chi connectivity index (χ1n) is 6.41. The van der Waals surface area contributed by atoms with Crippen LogP contribution in [-0.4, -0.2) is 20.8 Å². The average molecular weight is 222 g/mol. The van der Waals surface area contributed by atoms with E-state index >= 15 is 0 Å². The molecule has 1 fully saturated rings. The zero-order valence-corrected chi connectivity index (χ0v) is 10.1. The minimum absolute atomic E-state index is 0.247. The van der Waals surface area contributed by atoms with Crippen molar-refractivity contribution in [2.75, 3.05) is 0 Å². The number of nitrogens with two attached hydrogens (primary N) is 1. The Morgan fingerprint density at radius 2 is 2.19 bits per heavy atom. The zero-order chi connectivity index (χ0) is 11.4. The van der Waals surface area contributed by atoms with E-state index < -0.39 is 0 Å². The second kappa shape index (κ2) is 5.43. The summed E-state index contributed by atoms with van der Waals surface area (Å²) in [5.41, 5.74) is 5.78.